The van der Waals surface area contributed by atoms with Crippen molar-refractivity contribution in [3.05, 3.63) is 0 Å². The van der Waals surface area contributed by atoms with Crippen LogP contribution >= 0.6 is 45.1 Å². The highest BCUT2D eigenvalue weighted by molar-refractivity contribution is 7.54. The molecule has 0 saturated carbocycles. The molecule has 0 aromatic carbocycles. The number of hydrogen-bond donors (Lipinski definition) is 3. The molecule has 4 nitrogen and oxygen atoms in total. The van der Waals surface area contributed by atoms with Gasteiger partial charge in [0, 0.05) is 8.88 Å². The predicted molar refractivity (Wildman–Crippen MR) is 54.8 cm³/mol. The van der Waals surface area contributed by atoms with E-state index in [1.54, 1.807) is 0 Å². The second-order valence-corrected chi connectivity index (χ2v) is 5.51. The first kappa shape index (κ1) is 10.7. The van der Waals surface area contributed by atoms with Crippen LogP contribution in [0.2, 0.25) is 0 Å². The van der Waals surface area contributed by atoms with Gasteiger partial charge in [-0.3, -0.25) is 9.72 Å². The summed E-state index contributed by atoms with van der Waals surface area (Å²) in [6.07, 6.45) is 0. The molecule has 0 aromatic rings. The van der Waals surface area contributed by atoms with E-state index in [4.69, 9.17) is 0 Å². The molecule has 0 fully saturated rings. The molecule has 0 aliphatic carbocycles. The Hall–Kier alpha value is 1.70. The maximum Gasteiger partial charge on any atom is 0.100 e. The second kappa shape index (κ2) is 9.70. The minimum absolute atomic E-state index is 0.459. The van der Waals surface area contributed by atoms with Gasteiger partial charge in [0.05, 0.1) is 8.88 Å². The summed E-state index contributed by atoms with van der Waals surface area (Å²) >= 11 is 0. The first-order chi connectivity index (χ1) is 4.41. The first-order valence-corrected chi connectivity index (χ1v) is 5.92. The zero-order chi connectivity index (χ0) is 6.95. The molecule has 4 unspecified atom stereocenters. The minimum atomic E-state index is 0.459. The third kappa shape index (κ3) is 9.70. The Morgan fingerprint density at radius 3 is 2.67 bits per heavy atom. The molecule has 0 bridgehead atoms. The third-order valence-electron chi connectivity index (χ3n) is 0.343. The lowest BCUT2D eigenvalue weighted by atomic mass is 13.8. The van der Waals surface area contributed by atoms with E-state index in [9.17, 15) is 0 Å². The molecular formula is H9N4P5. The van der Waals surface area contributed by atoms with Crippen LogP contribution in [0.5, 0.6) is 0 Å². The van der Waals surface area contributed by atoms with Crippen molar-refractivity contribution in [1.29, 1.82) is 0 Å². The van der Waals surface area contributed by atoms with E-state index in [1.165, 1.54) is 0 Å². The van der Waals surface area contributed by atoms with Crippen LogP contribution in [0, 0.1) is 0 Å². The van der Waals surface area contributed by atoms with Crippen LogP contribution in [-0.4, -0.2) is 0 Å². The van der Waals surface area contributed by atoms with E-state index in [2.05, 4.69) is 37.9 Å². The van der Waals surface area contributed by atoms with Crippen molar-refractivity contribution in [1.82, 2.24) is 14.6 Å². The number of rotatable bonds is 5. The van der Waals surface area contributed by atoms with Crippen LogP contribution in [0.1, 0.15) is 0 Å². The van der Waals surface area contributed by atoms with Gasteiger partial charge in [0.2, 0.25) is 0 Å². The molecule has 0 rings (SSSR count). The predicted octanol–water partition coefficient (Wildman–Crippen LogP) is 1.40. The number of hydrogen-bond acceptors (Lipinski definition) is 3. The van der Waals surface area contributed by atoms with Crippen molar-refractivity contribution in [3.63, 3.8) is 0 Å². The molecule has 0 aromatic heterocycles. The summed E-state index contributed by atoms with van der Waals surface area (Å²) in [5.41, 5.74) is 0. The highest BCUT2D eigenvalue weighted by Gasteiger charge is 1.73. The van der Waals surface area contributed by atoms with E-state index in [-0.39, 0.29) is 0 Å². The molecule has 0 amide bonds. The van der Waals surface area contributed by atoms with Crippen molar-refractivity contribution in [2.75, 3.05) is 0 Å². The molecule has 0 heterocycles. The molecule has 0 radical (unpaired) electrons. The van der Waals surface area contributed by atoms with Gasteiger partial charge in [0.1, 0.15) is 8.52 Å². The average Bonchev–Trinajstić information content (AvgIpc) is 1.89. The normalized spacial score (nSPS) is 13.6. The van der Waals surface area contributed by atoms with Crippen LogP contribution < -0.4 is 14.6 Å². The van der Waals surface area contributed by atoms with Crippen molar-refractivity contribution in [2.45, 2.75) is 0 Å². The summed E-state index contributed by atoms with van der Waals surface area (Å²) in [5.74, 6) is 0. The zero-order valence-corrected chi connectivity index (χ0v) is 9.75. The quantitative estimate of drug-likeness (QED) is 0.484. The molecule has 0 aliphatic rings. The van der Waals surface area contributed by atoms with E-state index in [0.29, 0.717) is 17.8 Å². The van der Waals surface area contributed by atoms with E-state index in [1.807, 2.05) is 0 Å². The molecule has 0 aliphatic heterocycles. The molecule has 4 atom stereocenters. The Morgan fingerprint density at radius 2 is 2.11 bits per heavy atom. The average molecular weight is 220 g/mol. The lowest BCUT2D eigenvalue weighted by Crippen LogP contribution is -1.85. The van der Waals surface area contributed by atoms with Crippen LogP contribution in [0.15, 0.2) is 4.52 Å². The summed E-state index contributed by atoms with van der Waals surface area (Å²) < 4.78 is 4.04. The Bertz CT molecular complexity index is 71.4. The van der Waals surface area contributed by atoms with E-state index < -0.39 is 0 Å². The largest absolute Gasteiger partial charge is 0.269 e. The minimum Gasteiger partial charge on any atom is -0.269 e. The molecule has 9 heavy (non-hydrogen) atoms. The summed E-state index contributed by atoms with van der Waals surface area (Å²) in [6.45, 7) is 0. The lowest BCUT2D eigenvalue weighted by Gasteiger charge is -1.91. The maximum absolute atomic E-state index is 4.04. The Morgan fingerprint density at radius 1 is 1.33 bits per heavy atom. The second-order valence-electron chi connectivity index (χ2n) is 0.837. The van der Waals surface area contributed by atoms with Gasteiger partial charge >= 0.3 is 0 Å². The fraction of sp³-hybridized carbons (Fsp3) is 0. The van der Waals surface area contributed by atoms with Gasteiger partial charge < -0.3 is 0 Å². The van der Waals surface area contributed by atoms with E-state index in [0.717, 1.165) is 8.52 Å². The topological polar surface area (TPSA) is 48.5 Å². The monoisotopic (exact) mass is 220 g/mol. The van der Waals surface area contributed by atoms with Crippen LogP contribution in [0.4, 0.5) is 0 Å². The Kier molecular flexibility index (Phi) is 11.5. The summed E-state index contributed by atoms with van der Waals surface area (Å²) in [5, 5.41) is 0. The SMILES string of the molecule is PNPN=PNPNP. The molecule has 0 saturated heterocycles. The van der Waals surface area contributed by atoms with Crippen molar-refractivity contribution >= 4 is 45.1 Å². The van der Waals surface area contributed by atoms with Crippen LogP contribution in [-0.2, 0) is 0 Å². The third-order valence-corrected chi connectivity index (χ3v) is 3.08. The van der Waals surface area contributed by atoms with Crippen molar-refractivity contribution in [2.24, 2.45) is 4.52 Å². The Labute approximate surface area is 64.7 Å². The number of nitrogens with one attached hydrogen (secondary N) is 3. The summed E-state index contributed by atoms with van der Waals surface area (Å²) in [7, 11) is 6.74. The molecule has 3 N–H and O–H groups in total. The fourth-order valence-corrected chi connectivity index (χ4v) is 2.78. The molecular weight excluding hydrogens is 211 g/mol. The fourth-order valence-electron chi connectivity index (χ4n) is 0.136. The summed E-state index contributed by atoms with van der Waals surface area (Å²) in [4.78, 5) is 8.77. The maximum atomic E-state index is 4.04. The zero-order valence-electron chi connectivity index (χ0n) is 4.55. The lowest BCUT2D eigenvalue weighted by molar-refractivity contribution is 1.59. The summed E-state index contributed by atoms with van der Waals surface area (Å²) in [6, 6.07) is 0. The smallest absolute Gasteiger partial charge is 0.100 e. The van der Waals surface area contributed by atoms with E-state index >= 15 is 0 Å². The van der Waals surface area contributed by atoms with Gasteiger partial charge in [-0.2, -0.15) is 0 Å². The highest BCUT2D eigenvalue weighted by atomic mass is 31.2. The van der Waals surface area contributed by atoms with Crippen LogP contribution in [0.25, 0.3) is 0 Å². The van der Waals surface area contributed by atoms with Gasteiger partial charge in [0.25, 0.3) is 0 Å². The van der Waals surface area contributed by atoms with Gasteiger partial charge in [-0.1, -0.05) is 18.8 Å². The molecule has 0 spiro atoms. The molecule has 9 heteroatoms. The molecule has 54 valence electrons. The van der Waals surface area contributed by atoms with Crippen molar-refractivity contribution < 1.29 is 0 Å². The number of nitrogens with zero attached hydrogens (tertiary/aromatic N) is 1. The highest BCUT2D eigenvalue weighted by Crippen LogP contribution is 2.16. The van der Waals surface area contributed by atoms with Gasteiger partial charge in [-0.05, 0) is 0 Å². The van der Waals surface area contributed by atoms with Gasteiger partial charge in [-0.25, -0.2) is 9.37 Å². The Balaban J connectivity index is 2.86. The van der Waals surface area contributed by atoms with Crippen molar-refractivity contribution in [3.8, 4) is 0 Å². The van der Waals surface area contributed by atoms with Crippen LogP contribution in [0.3, 0.4) is 0 Å². The van der Waals surface area contributed by atoms with Gasteiger partial charge in [0.15, 0.2) is 0 Å². The van der Waals surface area contributed by atoms with Gasteiger partial charge in [-0.15, -0.1) is 0 Å². The standard InChI is InChI=1S/H9N4P5/c5-1-7-3-9-4-8-2-6/h1-2,7-8H,5-6H2,(H,3,4). The first-order valence-electron chi connectivity index (χ1n) is 1.97.